The molecule has 0 radical (unpaired) electrons. The predicted molar refractivity (Wildman–Crippen MR) is 127 cm³/mol. The average Bonchev–Trinajstić information content (AvgIpc) is 3.26. The highest BCUT2D eigenvalue weighted by Crippen LogP contribution is 2.62. The van der Waals surface area contributed by atoms with Crippen molar-refractivity contribution >= 4 is 5.57 Å². The van der Waals surface area contributed by atoms with E-state index < -0.39 is 0 Å². The Labute approximate surface area is 177 Å². The molecule has 0 nitrogen and oxygen atoms in total. The first-order valence-electron chi connectivity index (χ1n) is 10.5. The first kappa shape index (κ1) is 17.2. The van der Waals surface area contributed by atoms with E-state index in [9.17, 15) is 0 Å². The molecule has 0 amide bonds. The van der Waals surface area contributed by atoms with Crippen LogP contribution in [-0.2, 0) is 5.41 Å². The van der Waals surface area contributed by atoms with Crippen molar-refractivity contribution in [2.45, 2.75) is 12.3 Å². The predicted octanol–water partition coefficient (Wildman–Crippen LogP) is 7.62. The summed E-state index contributed by atoms with van der Waals surface area (Å²) in [6.45, 7) is 6.35. The van der Waals surface area contributed by atoms with Crippen LogP contribution < -0.4 is 0 Å². The van der Waals surface area contributed by atoms with Crippen LogP contribution in [0.2, 0.25) is 0 Å². The molecule has 1 spiro atoms. The Bertz CT molecular complexity index is 1300. The van der Waals surface area contributed by atoms with E-state index in [0.717, 1.165) is 5.57 Å². The Morgan fingerprint density at radius 1 is 0.633 bits per heavy atom. The van der Waals surface area contributed by atoms with E-state index in [1.165, 1.54) is 50.1 Å². The van der Waals surface area contributed by atoms with Crippen LogP contribution in [0, 0.1) is 0 Å². The Morgan fingerprint density at radius 2 is 1.10 bits per heavy atom. The quantitative estimate of drug-likeness (QED) is 0.270. The average molecular weight is 383 g/mol. The van der Waals surface area contributed by atoms with Gasteiger partial charge in [-0.3, -0.25) is 0 Å². The van der Waals surface area contributed by atoms with Crippen LogP contribution in [0.5, 0.6) is 0 Å². The second-order valence-electron chi connectivity index (χ2n) is 8.17. The first-order chi connectivity index (χ1) is 14.8. The van der Waals surface area contributed by atoms with Gasteiger partial charge in [-0.05, 0) is 68.6 Å². The van der Waals surface area contributed by atoms with Gasteiger partial charge in [0, 0.05) is 0 Å². The molecular weight excluding hydrogens is 360 g/mol. The number of hydrogen-bond acceptors (Lipinski definition) is 0. The van der Waals surface area contributed by atoms with E-state index in [0.29, 0.717) is 0 Å². The van der Waals surface area contributed by atoms with E-state index in [1.54, 1.807) is 0 Å². The topological polar surface area (TPSA) is 0 Å². The van der Waals surface area contributed by atoms with Crippen LogP contribution in [0.15, 0.2) is 110 Å². The maximum atomic E-state index is 4.31. The van der Waals surface area contributed by atoms with Crippen LogP contribution in [0.4, 0.5) is 0 Å². The van der Waals surface area contributed by atoms with Crippen molar-refractivity contribution in [3.05, 3.63) is 138 Å². The standard InChI is InChI=1S/C30H22/c1-3-10-20(2)21-17-18-25-24-13-6-9-16-28(24)30(29(25)19-21)26-14-7-4-11-22(26)23-12-5-8-15-27(23)30/h3-19H,2H2,1H3/b10-3-. The second-order valence-corrected chi connectivity index (χ2v) is 8.17. The first-order valence-corrected chi connectivity index (χ1v) is 10.5. The Balaban J connectivity index is 1.78. The van der Waals surface area contributed by atoms with Gasteiger partial charge in [-0.2, -0.15) is 0 Å². The van der Waals surface area contributed by atoms with Gasteiger partial charge < -0.3 is 0 Å². The zero-order valence-corrected chi connectivity index (χ0v) is 17.0. The van der Waals surface area contributed by atoms with Crippen molar-refractivity contribution in [2.24, 2.45) is 0 Å². The number of benzene rings is 4. The van der Waals surface area contributed by atoms with Gasteiger partial charge in [-0.25, -0.2) is 0 Å². The molecule has 142 valence electrons. The van der Waals surface area contributed by atoms with Crippen molar-refractivity contribution in [2.75, 3.05) is 0 Å². The summed E-state index contributed by atoms with van der Waals surface area (Å²) in [7, 11) is 0. The third-order valence-electron chi connectivity index (χ3n) is 6.74. The van der Waals surface area contributed by atoms with Gasteiger partial charge in [0.2, 0.25) is 0 Å². The summed E-state index contributed by atoms with van der Waals surface area (Å²) < 4.78 is 0. The molecule has 2 aliphatic carbocycles. The van der Waals surface area contributed by atoms with Crippen LogP contribution in [0.1, 0.15) is 34.7 Å². The van der Waals surface area contributed by atoms with E-state index in [4.69, 9.17) is 0 Å². The van der Waals surface area contributed by atoms with Crippen LogP contribution in [-0.4, -0.2) is 0 Å². The van der Waals surface area contributed by atoms with E-state index >= 15 is 0 Å². The van der Waals surface area contributed by atoms with Gasteiger partial charge in [0.25, 0.3) is 0 Å². The molecule has 0 aromatic heterocycles. The monoisotopic (exact) mass is 382 g/mol. The fraction of sp³-hybridized carbons (Fsp3) is 0.0667. The zero-order valence-electron chi connectivity index (χ0n) is 17.0. The molecular formula is C30H22. The minimum atomic E-state index is -0.272. The summed E-state index contributed by atoms with van der Waals surface area (Å²) >= 11 is 0. The molecule has 0 aliphatic heterocycles. The van der Waals surface area contributed by atoms with E-state index in [-0.39, 0.29) is 5.41 Å². The van der Waals surface area contributed by atoms with Crippen LogP contribution in [0.25, 0.3) is 27.8 Å². The third kappa shape index (κ3) is 2.01. The van der Waals surface area contributed by atoms with Gasteiger partial charge in [0.05, 0.1) is 5.41 Å². The summed E-state index contributed by atoms with van der Waals surface area (Å²) in [6.07, 6.45) is 4.15. The minimum absolute atomic E-state index is 0.272. The molecule has 2 aliphatic rings. The smallest absolute Gasteiger partial charge is 0.0725 e. The number of fused-ring (bicyclic) bond motifs is 10. The lowest BCUT2D eigenvalue weighted by atomic mass is 9.70. The van der Waals surface area contributed by atoms with Crippen molar-refractivity contribution in [1.29, 1.82) is 0 Å². The molecule has 0 N–H and O–H groups in total. The second kappa shape index (κ2) is 6.18. The lowest BCUT2D eigenvalue weighted by molar-refractivity contribution is 0.793. The molecule has 0 heteroatoms. The lowest BCUT2D eigenvalue weighted by Gasteiger charge is -2.30. The molecule has 30 heavy (non-hydrogen) atoms. The summed E-state index contributed by atoms with van der Waals surface area (Å²) in [5.74, 6) is 0. The van der Waals surface area contributed by atoms with Crippen LogP contribution in [0.3, 0.4) is 0 Å². The van der Waals surface area contributed by atoms with Gasteiger partial charge in [-0.15, -0.1) is 0 Å². The fourth-order valence-electron chi connectivity index (χ4n) is 5.59. The van der Waals surface area contributed by atoms with E-state index in [2.05, 4.69) is 110 Å². The Morgan fingerprint density at radius 3 is 1.60 bits per heavy atom. The Kier molecular flexibility index (Phi) is 3.55. The largest absolute Gasteiger partial charge is 0.0912 e. The van der Waals surface area contributed by atoms with Crippen molar-refractivity contribution in [1.82, 2.24) is 0 Å². The number of allylic oxidation sites excluding steroid dienone is 3. The normalized spacial score (nSPS) is 14.4. The fourth-order valence-corrected chi connectivity index (χ4v) is 5.59. The highest BCUT2D eigenvalue weighted by molar-refractivity contribution is 5.95. The van der Waals surface area contributed by atoms with Gasteiger partial charge >= 0.3 is 0 Å². The lowest BCUT2D eigenvalue weighted by Crippen LogP contribution is -2.25. The molecule has 0 saturated heterocycles. The maximum absolute atomic E-state index is 4.31. The maximum Gasteiger partial charge on any atom is 0.0725 e. The summed E-state index contributed by atoms with van der Waals surface area (Å²) in [6, 6.07) is 33.6. The summed E-state index contributed by atoms with van der Waals surface area (Å²) in [5, 5.41) is 0. The molecule has 0 atom stereocenters. The molecule has 0 unspecified atom stereocenters. The van der Waals surface area contributed by atoms with Gasteiger partial charge in [-0.1, -0.05) is 104 Å². The molecule has 4 aromatic carbocycles. The Hall–Kier alpha value is -3.64. The molecule has 0 saturated carbocycles. The van der Waals surface area contributed by atoms with Crippen LogP contribution >= 0.6 is 0 Å². The highest BCUT2D eigenvalue weighted by Gasteiger charge is 2.51. The van der Waals surface area contributed by atoms with E-state index in [1.807, 2.05) is 6.92 Å². The van der Waals surface area contributed by atoms with Gasteiger partial charge in [0.15, 0.2) is 0 Å². The minimum Gasteiger partial charge on any atom is -0.0912 e. The molecule has 0 fully saturated rings. The van der Waals surface area contributed by atoms with Crippen molar-refractivity contribution in [3.63, 3.8) is 0 Å². The van der Waals surface area contributed by atoms with Crippen molar-refractivity contribution in [3.8, 4) is 22.3 Å². The molecule has 4 aromatic rings. The number of hydrogen-bond donors (Lipinski definition) is 0. The third-order valence-corrected chi connectivity index (χ3v) is 6.74. The molecule has 0 heterocycles. The number of rotatable bonds is 2. The zero-order chi connectivity index (χ0) is 20.3. The summed E-state index contributed by atoms with van der Waals surface area (Å²) in [4.78, 5) is 0. The SMILES string of the molecule is C=C(/C=C\C)c1ccc2c(c1)C1(c3ccccc3-c3ccccc31)c1ccccc1-2. The molecule has 6 rings (SSSR count). The molecule has 0 bridgehead atoms. The van der Waals surface area contributed by atoms with Crippen molar-refractivity contribution < 1.29 is 0 Å². The highest BCUT2D eigenvalue weighted by atomic mass is 14.5. The summed E-state index contributed by atoms with van der Waals surface area (Å²) in [5.41, 5.74) is 12.8. The van der Waals surface area contributed by atoms with Gasteiger partial charge in [0.1, 0.15) is 0 Å².